The molecule has 0 radical (unpaired) electrons. The molecule has 1 N–H and O–H groups in total. The predicted molar refractivity (Wildman–Crippen MR) is 94.9 cm³/mol. The summed E-state index contributed by atoms with van der Waals surface area (Å²) < 4.78 is 0. The molecule has 128 valence electrons. The molecule has 24 heavy (non-hydrogen) atoms. The van der Waals surface area contributed by atoms with Gasteiger partial charge in [-0.2, -0.15) is 0 Å². The van der Waals surface area contributed by atoms with Crippen molar-refractivity contribution in [3.8, 4) is 0 Å². The number of hydrogen-bond acceptors (Lipinski definition) is 3. The quantitative estimate of drug-likeness (QED) is 0.926. The molecule has 0 saturated carbocycles. The Balaban J connectivity index is 1.58. The van der Waals surface area contributed by atoms with Gasteiger partial charge >= 0.3 is 0 Å². The van der Waals surface area contributed by atoms with Crippen LogP contribution in [0.25, 0.3) is 0 Å². The van der Waals surface area contributed by atoms with Gasteiger partial charge in [-0.25, -0.2) is 4.98 Å². The third-order valence-corrected chi connectivity index (χ3v) is 4.82. The molecule has 1 aliphatic rings. The number of nitrogens with one attached hydrogen (secondary N) is 1. The van der Waals surface area contributed by atoms with Crippen LogP contribution in [0.15, 0.2) is 36.7 Å². The van der Waals surface area contributed by atoms with Crippen molar-refractivity contribution in [3.63, 3.8) is 0 Å². The van der Waals surface area contributed by atoms with Crippen LogP contribution in [-0.4, -0.2) is 51.9 Å². The second-order valence-corrected chi connectivity index (χ2v) is 6.70. The van der Waals surface area contributed by atoms with Gasteiger partial charge in [0.15, 0.2) is 0 Å². The Morgan fingerprint density at radius 1 is 1.25 bits per heavy atom. The zero-order valence-corrected chi connectivity index (χ0v) is 14.7. The molecule has 1 saturated heterocycles. The van der Waals surface area contributed by atoms with Crippen LogP contribution in [0.3, 0.4) is 0 Å². The summed E-state index contributed by atoms with van der Waals surface area (Å²) in [5.41, 5.74) is 1.01. The van der Waals surface area contributed by atoms with Crippen LogP contribution in [-0.2, 0) is 11.3 Å². The highest BCUT2D eigenvalue weighted by Crippen LogP contribution is 2.21. The SMILES string of the molecule is CC(C(=O)N1CCCN(Cc2ncc[nH]2)CC1)c1ccc(Cl)cc1. The summed E-state index contributed by atoms with van der Waals surface area (Å²) in [6, 6.07) is 7.56. The molecule has 6 heteroatoms. The van der Waals surface area contributed by atoms with E-state index in [1.807, 2.05) is 42.3 Å². The average Bonchev–Trinajstić information content (AvgIpc) is 2.99. The molecule has 1 atom stereocenters. The lowest BCUT2D eigenvalue weighted by Crippen LogP contribution is -2.37. The summed E-state index contributed by atoms with van der Waals surface area (Å²) in [7, 11) is 0. The number of imidazole rings is 1. The fourth-order valence-corrected chi connectivity index (χ4v) is 3.24. The molecule has 2 aromatic rings. The summed E-state index contributed by atoms with van der Waals surface area (Å²) in [6.45, 7) is 6.21. The highest BCUT2D eigenvalue weighted by atomic mass is 35.5. The zero-order chi connectivity index (χ0) is 16.9. The normalized spacial score (nSPS) is 17.5. The molecule has 1 amide bonds. The van der Waals surface area contributed by atoms with Crippen LogP contribution < -0.4 is 0 Å². The zero-order valence-electron chi connectivity index (χ0n) is 13.9. The monoisotopic (exact) mass is 346 g/mol. The van der Waals surface area contributed by atoms with E-state index in [0.29, 0.717) is 5.02 Å². The van der Waals surface area contributed by atoms with Gasteiger partial charge in [0.2, 0.25) is 5.91 Å². The van der Waals surface area contributed by atoms with Crippen LogP contribution in [0, 0.1) is 0 Å². The highest BCUT2D eigenvalue weighted by molar-refractivity contribution is 6.30. The van der Waals surface area contributed by atoms with Crippen molar-refractivity contribution in [2.24, 2.45) is 0 Å². The van der Waals surface area contributed by atoms with Gasteiger partial charge in [0.1, 0.15) is 5.82 Å². The van der Waals surface area contributed by atoms with Gasteiger partial charge in [-0.3, -0.25) is 9.69 Å². The molecule has 0 bridgehead atoms. The Morgan fingerprint density at radius 3 is 2.75 bits per heavy atom. The number of aromatic nitrogens is 2. The molecule has 1 aromatic carbocycles. The number of nitrogens with zero attached hydrogens (tertiary/aromatic N) is 3. The number of rotatable bonds is 4. The number of carbonyl (C=O) groups excluding carboxylic acids is 1. The van der Waals surface area contributed by atoms with Gasteiger partial charge < -0.3 is 9.88 Å². The Kier molecular flexibility index (Phi) is 5.53. The second kappa shape index (κ2) is 7.81. The number of aromatic amines is 1. The van der Waals surface area contributed by atoms with E-state index in [1.54, 1.807) is 6.20 Å². The van der Waals surface area contributed by atoms with Crippen molar-refractivity contribution in [2.45, 2.75) is 25.8 Å². The first-order valence-electron chi connectivity index (χ1n) is 8.38. The maximum absolute atomic E-state index is 12.8. The molecule has 1 unspecified atom stereocenters. The van der Waals surface area contributed by atoms with Crippen molar-refractivity contribution >= 4 is 17.5 Å². The number of carbonyl (C=O) groups is 1. The highest BCUT2D eigenvalue weighted by Gasteiger charge is 2.24. The molecule has 2 heterocycles. The molecule has 5 nitrogen and oxygen atoms in total. The molecule has 1 fully saturated rings. The van der Waals surface area contributed by atoms with Crippen LogP contribution in [0.1, 0.15) is 30.7 Å². The molecule has 0 spiro atoms. The van der Waals surface area contributed by atoms with Gasteiger partial charge in [0.25, 0.3) is 0 Å². The smallest absolute Gasteiger partial charge is 0.229 e. The molecule has 3 rings (SSSR count). The summed E-state index contributed by atoms with van der Waals surface area (Å²) in [5.74, 6) is 1.03. The third-order valence-electron chi connectivity index (χ3n) is 4.57. The van der Waals surface area contributed by atoms with Crippen molar-refractivity contribution in [3.05, 3.63) is 53.1 Å². The molecule has 1 aromatic heterocycles. The van der Waals surface area contributed by atoms with Crippen molar-refractivity contribution < 1.29 is 4.79 Å². The fraction of sp³-hybridized carbons (Fsp3) is 0.444. The maximum atomic E-state index is 12.8. The first-order chi connectivity index (χ1) is 11.6. The molecule has 0 aliphatic carbocycles. The lowest BCUT2D eigenvalue weighted by Gasteiger charge is -2.25. The second-order valence-electron chi connectivity index (χ2n) is 6.26. The lowest BCUT2D eigenvalue weighted by atomic mass is 10.00. The van der Waals surface area contributed by atoms with Crippen LogP contribution in [0.5, 0.6) is 0 Å². The predicted octanol–water partition coefficient (Wildman–Crippen LogP) is 2.90. The van der Waals surface area contributed by atoms with E-state index >= 15 is 0 Å². The molecular weight excluding hydrogens is 324 g/mol. The van der Waals surface area contributed by atoms with Gasteiger partial charge in [-0.05, 0) is 31.0 Å². The summed E-state index contributed by atoms with van der Waals surface area (Å²) >= 11 is 5.93. The largest absolute Gasteiger partial charge is 0.348 e. The number of H-pyrrole nitrogens is 1. The Labute approximate surface area is 147 Å². The summed E-state index contributed by atoms with van der Waals surface area (Å²) in [4.78, 5) is 24.6. The number of hydrogen-bond donors (Lipinski definition) is 1. The lowest BCUT2D eigenvalue weighted by molar-refractivity contribution is -0.132. The summed E-state index contributed by atoms with van der Waals surface area (Å²) in [6.07, 6.45) is 4.60. The standard InChI is InChI=1S/C18H23ClN4O/c1-14(15-3-5-16(19)6-4-15)18(24)23-10-2-9-22(11-12-23)13-17-20-7-8-21-17/h3-8,14H,2,9-13H2,1H3,(H,20,21). The Morgan fingerprint density at radius 2 is 2.04 bits per heavy atom. The van der Waals surface area contributed by atoms with Crippen LogP contribution in [0.2, 0.25) is 5.02 Å². The minimum Gasteiger partial charge on any atom is -0.348 e. The Hall–Kier alpha value is -1.85. The minimum absolute atomic E-state index is 0.140. The number of amides is 1. The van der Waals surface area contributed by atoms with E-state index in [0.717, 1.165) is 50.5 Å². The van der Waals surface area contributed by atoms with E-state index in [1.165, 1.54) is 0 Å². The molecule has 1 aliphatic heterocycles. The fourth-order valence-electron chi connectivity index (χ4n) is 3.11. The number of halogens is 1. The number of benzene rings is 1. The van der Waals surface area contributed by atoms with E-state index < -0.39 is 0 Å². The minimum atomic E-state index is -0.140. The Bertz CT molecular complexity index is 656. The van der Waals surface area contributed by atoms with E-state index in [2.05, 4.69) is 14.9 Å². The van der Waals surface area contributed by atoms with Crippen molar-refractivity contribution in [1.29, 1.82) is 0 Å². The maximum Gasteiger partial charge on any atom is 0.229 e. The topological polar surface area (TPSA) is 52.2 Å². The van der Waals surface area contributed by atoms with Gasteiger partial charge in [-0.15, -0.1) is 0 Å². The van der Waals surface area contributed by atoms with Gasteiger partial charge in [0, 0.05) is 43.6 Å². The van der Waals surface area contributed by atoms with Gasteiger partial charge in [-0.1, -0.05) is 23.7 Å². The molecular formula is C18H23ClN4O. The van der Waals surface area contributed by atoms with Crippen LogP contribution in [0.4, 0.5) is 0 Å². The average molecular weight is 347 g/mol. The van der Waals surface area contributed by atoms with Gasteiger partial charge in [0.05, 0.1) is 12.5 Å². The van der Waals surface area contributed by atoms with Crippen molar-refractivity contribution in [2.75, 3.05) is 26.2 Å². The third kappa shape index (κ3) is 4.16. The first kappa shape index (κ1) is 17.0. The van der Waals surface area contributed by atoms with Crippen LogP contribution >= 0.6 is 11.6 Å². The summed E-state index contributed by atoms with van der Waals surface area (Å²) in [5, 5.41) is 0.696. The van der Waals surface area contributed by atoms with Crippen molar-refractivity contribution in [1.82, 2.24) is 19.8 Å². The van der Waals surface area contributed by atoms with E-state index in [4.69, 9.17) is 11.6 Å². The van der Waals surface area contributed by atoms with E-state index in [-0.39, 0.29) is 11.8 Å². The first-order valence-corrected chi connectivity index (χ1v) is 8.76. The van der Waals surface area contributed by atoms with E-state index in [9.17, 15) is 4.79 Å².